The molecule has 168 valence electrons. The highest BCUT2D eigenvalue weighted by Crippen LogP contribution is 2.58. The maximum absolute atomic E-state index is 13.6. The van der Waals surface area contributed by atoms with Crippen molar-refractivity contribution in [3.63, 3.8) is 0 Å². The summed E-state index contributed by atoms with van der Waals surface area (Å²) >= 11 is 0. The molecule has 4 nitrogen and oxygen atoms in total. The second-order valence-corrected chi connectivity index (χ2v) is 7.33. The second kappa shape index (κ2) is 7.11. The van der Waals surface area contributed by atoms with E-state index in [9.17, 15) is 35.9 Å². The first kappa shape index (κ1) is 21.9. The summed E-state index contributed by atoms with van der Waals surface area (Å²) in [6.45, 7) is 0. The van der Waals surface area contributed by atoms with E-state index in [-0.39, 0.29) is 22.3 Å². The first-order valence-corrected chi connectivity index (χ1v) is 9.23. The SMILES string of the molecule is COC(=O)C1=C(C(=O)OC)[C@H]2c3ccccc3[C@@H]1c1cc(C(F)(F)F)c(C(F)(F)F)cc12. The maximum Gasteiger partial charge on any atom is 0.417 e. The highest BCUT2D eigenvalue weighted by Gasteiger charge is 2.51. The average molecular weight is 456 g/mol. The number of methoxy groups -OCH3 is 2. The van der Waals surface area contributed by atoms with Gasteiger partial charge in [-0.25, -0.2) is 9.59 Å². The Kier molecular flexibility index (Phi) is 4.87. The number of hydrogen-bond acceptors (Lipinski definition) is 4. The predicted octanol–water partition coefficient (Wildman–Crippen LogP) is 4.96. The third-order valence-corrected chi connectivity index (χ3v) is 5.75. The molecular formula is C22H14F6O4. The molecule has 32 heavy (non-hydrogen) atoms. The zero-order valence-corrected chi connectivity index (χ0v) is 16.5. The molecule has 0 saturated heterocycles. The minimum Gasteiger partial charge on any atom is -0.466 e. The lowest BCUT2D eigenvalue weighted by molar-refractivity contribution is -0.162. The predicted molar refractivity (Wildman–Crippen MR) is 97.6 cm³/mol. The summed E-state index contributed by atoms with van der Waals surface area (Å²) in [7, 11) is 2.07. The van der Waals surface area contributed by atoms with Crippen molar-refractivity contribution in [3.05, 3.63) is 80.9 Å². The number of halogens is 6. The number of rotatable bonds is 2. The van der Waals surface area contributed by atoms with Crippen LogP contribution in [0.25, 0.3) is 0 Å². The Morgan fingerprint density at radius 2 is 1.03 bits per heavy atom. The van der Waals surface area contributed by atoms with Crippen LogP contribution in [0.1, 0.15) is 45.2 Å². The van der Waals surface area contributed by atoms with Gasteiger partial charge in [-0.3, -0.25) is 0 Å². The van der Waals surface area contributed by atoms with Crippen LogP contribution in [0.2, 0.25) is 0 Å². The number of esters is 2. The molecule has 2 bridgehead atoms. The van der Waals surface area contributed by atoms with Crippen LogP contribution in [0.3, 0.4) is 0 Å². The molecule has 0 fully saturated rings. The summed E-state index contributed by atoms with van der Waals surface area (Å²) in [5, 5.41) is 0. The summed E-state index contributed by atoms with van der Waals surface area (Å²) in [6, 6.07) is 7.11. The molecule has 0 spiro atoms. The van der Waals surface area contributed by atoms with Gasteiger partial charge in [-0.1, -0.05) is 24.3 Å². The molecule has 0 aliphatic heterocycles. The molecule has 0 aromatic heterocycles. The van der Waals surface area contributed by atoms with E-state index in [1.54, 1.807) is 24.3 Å². The fourth-order valence-electron chi connectivity index (χ4n) is 4.58. The molecule has 0 unspecified atom stereocenters. The fraction of sp³-hybridized carbons (Fsp3) is 0.273. The van der Waals surface area contributed by atoms with E-state index >= 15 is 0 Å². The van der Waals surface area contributed by atoms with Crippen LogP contribution in [0.5, 0.6) is 0 Å². The van der Waals surface area contributed by atoms with E-state index in [0.717, 1.165) is 14.2 Å². The quantitative estimate of drug-likeness (QED) is 0.474. The lowest BCUT2D eigenvalue weighted by atomic mass is 9.60. The average Bonchev–Trinajstić information content (AvgIpc) is 2.75. The molecular weight excluding hydrogens is 442 g/mol. The van der Waals surface area contributed by atoms with Crippen molar-refractivity contribution in [2.75, 3.05) is 14.2 Å². The Morgan fingerprint density at radius 3 is 1.31 bits per heavy atom. The molecule has 0 radical (unpaired) electrons. The summed E-state index contributed by atoms with van der Waals surface area (Å²) in [6.07, 6.45) is -10.6. The fourth-order valence-corrected chi connectivity index (χ4v) is 4.58. The van der Waals surface area contributed by atoms with Crippen molar-refractivity contribution in [1.82, 2.24) is 0 Å². The molecule has 3 aliphatic carbocycles. The standard InChI is InChI=1S/C22H14F6O4/c1-31-19(29)17-15-9-5-3-4-6-10(9)16(18(17)20(30)32-2)12-8-14(22(26,27)28)13(7-11(12)15)21(23,24)25/h3-8,15-16H,1-2H3/t15-,16+. The van der Waals surface area contributed by atoms with E-state index in [2.05, 4.69) is 0 Å². The van der Waals surface area contributed by atoms with E-state index in [4.69, 9.17) is 9.47 Å². The zero-order chi connectivity index (χ0) is 23.6. The van der Waals surface area contributed by atoms with Gasteiger partial charge in [-0.2, -0.15) is 26.3 Å². The normalized spacial score (nSPS) is 19.4. The van der Waals surface area contributed by atoms with E-state index in [1.165, 1.54) is 0 Å². The van der Waals surface area contributed by atoms with Crippen LogP contribution < -0.4 is 0 Å². The van der Waals surface area contributed by atoms with Gasteiger partial charge >= 0.3 is 24.3 Å². The Morgan fingerprint density at radius 1 is 0.688 bits per heavy atom. The molecule has 0 heterocycles. The number of carbonyl (C=O) groups is 2. The summed E-state index contributed by atoms with van der Waals surface area (Å²) in [5.74, 6) is -4.41. The number of hydrogen-bond donors (Lipinski definition) is 0. The first-order chi connectivity index (χ1) is 14.9. The van der Waals surface area contributed by atoms with E-state index in [1.807, 2.05) is 0 Å². The lowest BCUT2D eigenvalue weighted by Crippen LogP contribution is -2.35. The van der Waals surface area contributed by atoms with Crippen LogP contribution in [0.15, 0.2) is 47.5 Å². The van der Waals surface area contributed by atoms with Crippen molar-refractivity contribution in [3.8, 4) is 0 Å². The van der Waals surface area contributed by atoms with Gasteiger partial charge in [-0.05, 0) is 34.4 Å². The first-order valence-electron chi connectivity index (χ1n) is 9.23. The van der Waals surface area contributed by atoms with Gasteiger partial charge in [0.15, 0.2) is 0 Å². The van der Waals surface area contributed by atoms with Crippen molar-refractivity contribution in [2.24, 2.45) is 0 Å². The Labute approximate surface area is 177 Å². The van der Waals surface area contributed by atoms with Gasteiger partial charge in [0, 0.05) is 11.8 Å². The number of alkyl halides is 6. The largest absolute Gasteiger partial charge is 0.466 e. The van der Waals surface area contributed by atoms with Crippen LogP contribution in [0.4, 0.5) is 26.3 Å². The van der Waals surface area contributed by atoms with Crippen molar-refractivity contribution in [1.29, 1.82) is 0 Å². The van der Waals surface area contributed by atoms with Crippen LogP contribution in [-0.2, 0) is 31.4 Å². The summed E-state index contributed by atoms with van der Waals surface area (Å²) < 4.78 is 91.1. The molecule has 0 saturated carbocycles. The van der Waals surface area contributed by atoms with Crippen LogP contribution >= 0.6 is 0 Å². The molecule has 5 rings (SSSR count). The number of benzene rings is 2. The highest BCUT2D eigenvalue weighted by molar-refractivity contribution is 6.06. The molecule has 0 N–H and O–H groups in total. The minimum absolute atomic E-state index is 0.137. The van der Waals surface area contributed by atoms with Gasteiger partial charge in [0.2, 0.25) is 0 Å². The number of carbonyl (C=O) groups excluding carboxylic acids is 2. The molecule has 2 aromatic rings. The van der Waals surface area contributed by atoms with Gasteiger partial charge in [0.1, 0.15) is 0 Å². The topological polar surface area (TPSA) is 52.6 Å². The van der Waals surface area contributed by atoms with E-state index < -0.39 is 47.3 Å². The van der Waals surface area contributed by atoms with Gasteiger partial charge < -0.3 is 9.47 Å². The Hall–Kier alpha value is -3.30. The smallest absolute Gasteiger partial charge is 0.417 e. The van der Waals surface area contributed by atoms with Gasteiger partial charge in [0.05, 0.1) is 36.5 Å². The van der Waals surface area contributed by atoms with Crippen LogP contribution in [0, 0.1) is 0 Å². The third kappa shape index (κ3) is 3.08. The Bertz CT molecular complexity index is 1090. The minimum atomic E-state index is -5.30. The molecule has 0 amide bonds. The molecule has 3 aliphatic rings. The second-order valence-electron chi connectivity index (χ2n) is 7.33. The third-order valence-electron chi connectivity index (χ3n) is 5.75. The van der Waals surface area contributed by atoms with Crippen molar-refractivity contribution < 1.29 is 45.4 Å². The number of ether oxygens (including phenoxy) is 2. The monoisotopic (exact) mass is 456 g/mol. The summed E-state index contributed by atoms with van der Waals surface area (Å²) in [4.78, 5) is 25.3. The molecule has 2 aromatic carbocycles. The van der Waals surface area contributed by atoms with Gasteiger partial charge in [-0.15, -0.1) is 0 Å². The molecule has 10 heteroatoms. The summed E-state index contributed by atoms with van der Waals surface area (Å²) in [5.41, 5.74) is -3.68. The maximum atomic E-state index is 13.6. The van der Waals surface area contributed by atoms with Crippen molar-refractivity contribution >= 4 is 11.9 Å². The van der Waals surface area contributed by atoms with Gasteiger partial charge in [0.25, 0.3) is 0 Å². The highest BCUT2D eigenvalue weighted by atomic mass is 19.4. The lowest BCUT2D eigenvalue weighted by Gasteiger charge is -2.42. The van der Waals surface area contributed by atoms with Crippen molar-refractivity contribution in [2.45, 2.75) is 24.2 Å². The van der Waals surface area contributed by atoms with Crippen LogP contribution in [-0.4, -0.2) is 26.2 Å². The molecule has 2 atom stereocenters. The Balaban J connectivity index is 2.13. The van der Waals surface area contributed by atoms with E-state index in [0.29, 0.717) is 23.3 Å². The zero-order valence-electron chi connectivity index (χ0n) is 16.5.